The van der Waals surface area contributed by atoms with Gasteiger partial charge >= 0.3 is 5.97 Å². The van der Waals surface area contributed by atoms with Gasteiger partial charge in [0, 0.05) is 5.57 Å². The van der Waals surface area contributed by atoms with Gasteiger partial charge in [0.05, 0.1) is 57.1 Å². The van der Waals surface area contributed by atoms with Crippen LogP contribution in [0.25, 0.3) is 0 Å². The van der Waals surface area contributed by atoms with Crippen molar-refractivity contribution in [1.29, 1.82) is 0 Å². The lowest BCUT2D eigenvalue weighted by Crippen LogP contribution is -2.44. The van der Waals surface area contributed by atoms with E-state index in [9.17, 15) is 30.3 Å². The highest BCUT2D eigenvalue weighted by atomic mass is 16.5. The predicted octanol–water partition coefficient (Wildman–Crippen LogP) is -1.16. The van der Waals surface area contributed by atoms with Gasteiger partial charge in [-0.2, -0.15) is 0 Å². The second-order valence-electron chi connectivity index (χ2n) is 6.48. The van der Waals surface area contributed by atoms with Gasteiger partial charge in [0.15, 0.2) is 0 Å². The molecule has 0 fully saturated rings. The molecule has 0 amide bonds. The van der Waals surface area contributed by atoms with Crippen molar-refractivity contribution in [2.45, 2.75) is 20.8 Å². The maximum atomic E-state index is 11.9. The van der Waals surface area contributed by atoms with Crippen molar-refractivity contribution in [2.75, 3.05) is 52.9 Å². The zero-order valence-corrected chi connectivity index (χ0v) is 14.6. The lowest BCUT2D eigenvalue weighted by Gasteiger charge is -2.32. The maximum Gasteiger partial charge on any atom is 0.333 e. The Labute approximate surface area is 142 Å². The first-order chi connectivity index (χ1) is 11.2. The highest BCUT2D eigenvalue weighted by molar-refractivity contribution is 5.88. The highest BCUT2D eigenvalue weighted by Crippen LogP contribution is 2.21. The smallest absolute Gasteiger partial charge is 0.333 e. The Morgan fingerprint density at radius 2 is 1.17 bits per heavy atom. The number of allylic oxidation sites excluding steroid dienone is 1. The summed E-state index contributed by atoms with van der Waals surface area (Å²) in [7, 11) is 0. The third-order valence-corrected chi connectivity index (χ3v) is 4.06. The monoisotopic (exact) mass is 350 g/mol. The molecule has 0 saturated heterocycles. The summed E-state index contributed by atoms with van der Waals surface area (Å²) >= 11 is 0. The first-order valence-electron chi connectivity index (χ1n) is 7.68. The van der Waals surface area contributed by atoms with E-state index in [2.05, 4.69) is 0 Å². The zero-order valence-electron chi connectivity index (χ0n) is 14.6. The number of esters is 1. The van der Waals surface area contributed by atoms with Gasteiger partial charge in [-0.15, -0.1) is 0 Å². The van der Waals surface area contributed by atoms with E-state index in [4.69, 9.17) is 9.47 Å². The van der Waals surface area contributed by atoms with Crippen molar-refractivity contribution >= 4 is 5.97 Å². The summed E-state index contributed by atoms with van der Waals surface area (Å²) in [6, 6.07) is 0. The van der Waals surface area contributed by atoms with Gasteiger partial charge in [-0.3, -0.25) is 0 Å². The third kappa shape index (κ3) is 6.46. The van der Waals surface area contributed by atoms with Crippen molar-refractivity contribution in [3.05, 3.63) is 11.1 Å². The molecule has 0 radical (unpaired) electrons. The quantitative estimate of drug-likeness (QED) is 0.219. The topological polar surface area (TPSA) is 137 Å². The number of aliphatic hydroxyl groups excluding tert-OH is 5. The van der Waals surface area contributed by atoms with E-state index < -0.39 is 49.8 Å². The number of hydrogen-bond acceptors (Lipinski definition) is 8. The summed E-state index contributed by atoms with van der Waals surface area (Å²) in [5, 5.41) is 46.8. The summed E-state index contributed by atoms with van der Waals surface area (Å²) in [6.07, 6.45) is 0. The minimum absolute atomic E-state index is 0.178. The lowest BCUT2D eigenvalue weighted by molar-refractivity contribution is -0.150. The van der Waals surface area contributed by atoms with Crippen LogP contribution in [0.15, 0.2) is 11.1 Å². The molecule has 142 valence electrons. The minimum Gasteiger partial charge on any atom is -0.461 e. The maximum absolute atomic E-state index is 11.9. The molecule has 0 bridgehead atoms. The van der Waals surface area contributed by atoms with E-state index in [1.807, 2.05) is 0 Å². The number of rotatable bonds is 12. The number of carbonyl (C=O) groups is 1. The Kier molecular flexibility index (Phi) is 10.3. The van der Waals surface area contributed by atoms with Crippen molar-refractivity contribution in [3.8, 4) is 0 Å². The Morgan fingerprint density at radius 3 is 1.54 bits per heavy atom. The molecule has 8 nitrogen and oxygen atoms in total. The van der Waals surface area contributed by atoms with Crippen LogP contribution in [0.5, 0.6) is 0 Å². The second-order valence-corrected chi connectivity index (χ2v) is 6.48. The molecule has 0 aromatic rings. The number of aliphatic hydroxyl groups is 5. The molecular formula is C16H30O8. The Balaban J connectivity index is 4.78. The molecule has 0 aliphatic rings. The zero-order chi connectivity index (χ0) is 18.8. The van der Waals surface area contributed by atoms with E-state index in [1.54, 1.807) is 20.8 Å². The van der Waals surface area contributed by atoms with Crippen LogP contribution in [0.3, 0.4) is 0 Å². The van der Waals surface area contributed by atoms with Gasteiger partial charge in [0.25, 0.3) is 0 Å². The molecule has 24 heavy (non-hydrogen) atoms. The Hall–Kier alpha value is -1.03. The van der Waals surface area contributed by atoms with Gasteiger partial charge in [0.2, 0.25) is 0 Å². The normalized spacial score (nSPS) is 12.2. The first kappa shape index (κ1) is 23.0. The lowest BCUT2D eigenvalue weighted by atomic mass is 9.90. The molecule has 0 unspecified atom stereocenters. The summed E-state index contributed by atoms with van der Waals surface area (Å²) in [5.41, 5.74) is -1.19. The molecule has 0 rings (SSSR count). The van der Waals surface area contributed by atoms with Crippen LogP contribution in [0.2, 0.25) is 0 Å². The molecule has 0 heterocycles. The van der Waals surface area contributed by atoms with Crippen molar-refractivity contribution in [2.24, 2.45) is 10.8 Å². The van der Waals surface area contributed by atoms with Crippen LogP contribution < -0.4 is 0 Å². The third-order valence-electron chi connectivity index (χ3n) is 4.06. The largest absolute Gasteiger partial charge is 0.461 e. The summed E-state index contributed by atoms with van der Waals surface area (Å²) in [5.74, 6) is -0.545. The fourth-order valence-electron chi connectivity index (χ4n) is 1.58. The van der Waals surface area contributed by atoms with Gasteiger partial charge in [-0.1, -0.05) is 5.57 Å². The van der Waals surface area contributed by atoms with Crippen LogP contribution in [0.1, 0.15) is 20.8 Å². The molecular weight excluding hydrogens is 320 g/mol. The van der Waals surface area contributed by atoms with Crippen LogP contribution in [-0.2, 0) is 14.3 Å². The highest BCUT2D eigenvalue weighted by Gasteiger charge is 2.34. The average Bonchev–Trinajstić information content (AvgIpc) is 2.61. The van der Waals surface area contributed by atoms with Crippen LogP contribution in [0, 0.1) is 10.8 Å². The average molecular weight is 350 g/mol. The van der Waals surface area contributed by atoms with Gasteiger partial charge in [-0.05, 0) is 20.8 Å². The van der Waals surface area contributed by atoms with Crippen molar-refractivity contribution in [3.63, 3.8) is 0 Å². The Bertz CT molecular complexity index is 398. The molecule has 0 aromatic heterocycles. The summed E-state index contributed by atoms with van der Waals surface area (Å²) < 4.78 is 10.5. The number of carbonyl (C=O) groups excluding carboxylic acids is 1. The van der Waals surface area contributed by atoms with E-state index in [1.165, 1.54) is 0 Å². The Morgan fingerprint density at radius 1 is 0.750 bits per heavy atom. The summed E-state index contributed by atoms with van der Waals surface area (Å²) in [6.45, 7) is 2.10. The fourth-order valence-corrected chi connectivity index (χ4v) is 1.58. The minimum atomic E-state index is -1.22. The van der Waals surface area contributed by atoms with E-state index in [-0.39, 0.29) is 19.8 Å². The molecule has 0 saturated carbocycles. The SMILES string of the molecule is CC(C)=C(C)C(=O)OCC(CO)(CO)COCC(CO)(CO)CO. The number of ether oxygens (including phenoxy) is 2. The standard InChI is InChI=1S/C16H30O8/c1-12(2)13(3)14(22)24-11-16(7-20,8-21)10-23-9-15(4-17,5-18)6-19/h17-21H,4-11H2,1-3H3. The van der Waals surface area contributed by atoms with E-state index >= 15 is 0 Å². The van der Waals surface area contributed by atoms with Crippen molar-refractivity contribution < 1.29 is 39.8 Å². The molecule has 0 aliphatic carbocycles. The van der Waals surface area contributed by atoms with Gasteiger partial charge in [-0.25, -0.2) is 4.79 Å². The van der Waals surface area contributed by atoms with Gasteiger partial charge < -0.3 is 35.0 Å². The van der Waals surface area contributed by atoms with Crippen LogP contribution >= 0.6 is 0 Å². The first-order valence-corrected chi connectivity index (χ1v) is 7.68. The molecule has 0 atom stereocenters. The molecule has 0 aromatic carbocycles. The predicted molar refractivity (Wildman–Crippen MR) is 86.1 cm³/mol. The second kappa shape index (κ2) is 10.8. The van der Waals surface area contributed by atoms with E-state index in [0.717, 1.165) is 5.57 Å². The molecule has 0 spiro atoms. The number of hydrogen-bond donors (Lipinski definition) is 5. The fraction of sp³-hybridized carbons (Fsp3) is 0.812. The molecule has 0 aliphatic heterocycles. The summed E-state index contributed by atoms with van der Waals surface area (Å²) in [4.78, 5) is 11.9. The van der Waals surface area contributed by atoms with Crippen LogP contribution in [0.4, 0.5) is 0 Å². The molecule has 5 N–H and O–H groups in total. The van der Waals surface area contributed by atoms with Crippen LogP contribution in [-0.4, -0.2) is 84.4 Å². The van der Waals surface area contributed by atoms with E-state index in [0.29, 0.717) is 5.57 Å². The van der Waals surface area contributed by atoms with Crippen molar-refractivity contribution in [1.82, 2.24) is 0 Å². The van der Waals surface area contributed by atoms with Gasteiger partial charge in [0.1, 0.15) is 6.61 Å². The molecule has 8 heteroatoms.